The van der Waals surface area contributed by atoms with Gasteiger partial charge in [-0.05, 0) is 23.8 Å². The predicted octanol–water partition coefficient (Wildman–Crippen LogP) is 1.72. The van der Waals surface area contributed by atoms with Crippen LogP contribution in [-0.2, 0) is 0 Å². The number of nitrogens with zero attached hydrogens (tertiary/aromatic N) is 4. The van der Waals surface area contributed by atoms with Gasteiger partial charge in [0, 0.05) is 6.20 Å². The first-order valence-corrected chi connectivity index (χ1v) is 6.50. The average Bonchev–Trinajstić information content (AvgIpc) is 3.05. The van der Waals surface area contributed by atoms with Crippen LogP contribution in [-0.4, -0.2) is 27.1 Å². The van der Waals surface area contributed by atoms with Crippen LogP contribution in [0, 0.1) is 0 Å². The van der Waals surface area contributed by atoms with Gasteiger partial charge >= 0.3 is 0 Å². The lowest BCUT2D eigenvalue weighted by molar-refractivity contribution is 0.412. The maximum absolute atomic E-state index is 6.22. The number of ether oxygens (including phenoxy) is 1. The van der Waals surface area contributed by atoms with Gasteiger partial charge in [0.15, 0.2) is 0 Å². The molecule has 2 heterocycles. The summed E-state index contributed by atoms with van der Waals surface area (Å²) in [6, 6.07) is 11.1. The molecule has 0 aliphatic heterocycles. The molecule has 0 fully saturated rings. The topological polar surface area (TPSA) is 78.9 Å². The summed E-state index contributed by atoms with van der Waals surface area (Å²) in [6.07, 6.45) is 5.00. The minimum Gasteiger partial charge on any atom is -0.495 e. The molecular weight excluding hydrogens is 266 g/mol. The molecule has 6 nitrogen and oxygen atoms in total. The summed E-state index contributed by atoms with van der Waals surface area (Å²) < 4.78 is 5.16. The molecule has 0 aliphatic carbocycles. The summed E-state index contributed by atoms with van der Waals surface area (Å²) >= 11 is 0. The van der Waals surface area contributed by atoms with E-state index < -0.39 is 6.04 Å². The van der Waals surface area contributed by atoms with E-state index in [9.17, 15) is 0 Å². The highest BCUT2D eigenvalue weighted by molar-refractivity contribution is 5.32. The van der Waals surface area contributed by atoms with Crippen LogP contribution in [0.5, 0.6) is 5.75 Å². The van der Waals surface area contributed by atoms with E-state index in [4.69, 9.17) is 10.5 Å². The van der Waals surface area contributed by atoms with Gasteiger partial charge in [-0.25, -0.2) is 0 Å². The summed E-state index contributed by atoms with van der Waals surface area (Å²) in [5.41, 5.74) is 8.61. The average molecular weight is 281 g/mol. The van der Waals surface area contributed by atoms with Gasteiger partial charge in [0.2, 0.25) is 0 Å². The van der Waals surface area contributed by atoms with Gasteiger partial charge in [-0.3, -0.25) is 4.98 Å². The smallest absolute Gasteiger partial charge is 0.137 e. The Kier molecular flexibility index (Phi) is 3.61. The van der Waals surface area contributed by atoms with E-state index >= 15 is 0 Å². The SMILES string of the molecule is COc1cncc(C(N)c2cnn(-c3ccccc3)n2)c1. The maximum atomic E-state index is 6.22. The number of para-hydroxylation sites is 1. The van der Waals surface area contributed by atoms with E-state index in [1.165, 1.54) is 0 Å². The minimum atomic E-state index is -0.398. The van der Waals surface area contributed by atoms with Crippen molar-refractivity contribution in [2.75, 3.05) is 7.11 Å². The zero-order valence-electron chi connectivity index (χ0n) is 11.5. The van der Waals surface area contributed by atoms with Crippen molar-refractivity contribution in [3.05, 3.63) is 66.2 Å². The Hall–Kier alpha value is -2.73. The standard InChI is InChI=1S/C15H15N5O/c1-21-13-7-11(8-17-9-13)15(16)14-10-18-20(19-14)12-5-3-2-4-6-12/h2-10,15H,16H2,1H3. The molecule has 3 rings (SSSR count). The van der Waals surface area contributed by atoms with E-state index in [0.29, 0.717) is 11.4 Å². The number of hydrogen-bond donors (Lipinski definition) is 1. The molecule has 1 aromatic carbocycles. The van der Waals surface area contributed by atoms with Crippen LogP contribution in [0.4, 0.5) is 0 Å². The van der Waals surface area contributed by atoms with Gasteiger partial charge in [-0.2, -0.15) is 15.0 Å². The Bertz CT molecular complexity index is 726. The molecule has 0 radical (unpaired) electrons. The molecule has 0 amide bonds. The summed E-state index contributed by atoms with van der Waals surface area (Å²) in [5.74, 6) is 0.665. The van der Waals surface area contributed by atoms with Crippen LogP contribution in [0.2, 0.25) is 0 Å². The molecule has 6 heteroatoms. The first-order valence-electron chi connectivity index (χ1n) is 6.50. The van der Waals surface area contributed by atoms with Gasteiger partial charge < -0.3 is 10.5 Å². The number of nitrogens with two attached hydrogens (primary N) is 1. The Balaban J connectivity index is 1.88. The van der Waals surface area contributed by atoms with Crippen molar-refractivity contribution < 1.29 is 4.74 Å². The fourth-order valence-corrected chi connectivity index (χ4v) is 1.99. The van der Waals surface area contributed by atoms with Crippen LogP contribution in [0.15, 0.2) is 55.0 Å². The summed E-state index contributed by atoms with van der Waals surface area (Å²) in [6.45, 7) is 0. The van der Waals surface area contributed by atoms with Gasteiger partial charge in [-0.1, -0.05) is 18.2 Å². The Morgan fingerprint density at radius 3 is 2.71 bits per heavy atom. The Morgan fingerprint density at radius 1 is 1.14 bits per heavy atom. The zero-order valence-corrected chi connectivity index (χ0v) is 11.5. The fraction of sp³-hybridized carbons (Fsp3) is 0.133. The third kappa shape index (κ3) is 2.75. The number of benzene rings is 1. The van der Waals surface area contributed by atoms with Gasteiger partial charge in [0.05, 0.1) is 31.2 Å². The minimum absolute atomic E-state index is 0.398. The lowest BCUT2D eigenvalue weighted by Crippen LogP contribution is -2.13. The molecule has 1 unspecified atom stereocenters. The molecule has 2 aromatic heterocycles. The fourth-order valence-electron chi connectivity index (χ4n) is 1.99. The normalized spacial score (nSPS) is 12.1. The van der Waals surface area contributed by atoms with E-state index in [-0.39, 0.29) is 0 Å². The van der Waals surface area contributed by atoms with Crippen molar-refractivity contribution in [3.63, 3.8) is 0 Å². The van der Waals surface area contributed by atoms with Crippen LogP contribution < -0.4 is 10.5 Å². The monoisotopic (exact) mass is 281 g/mol. The van der Waals surface area contributed by atoms with Gasteiger partial charge in [0.25, 0.3) is 0 Å². The highest BCUT2D eigenvalue weighted by atomic mass is 16.5. The van der Waals surface area contributed by atoms with Gasteiger partial charge in [0.1, 0.15) is 11.4 Å². The van der Waals surface area contributed by atoms with E-state index in [1.807, 2.05) is 36.4 Å². The summed E-state index contributed by atoms with van der Waals surface area (Å²) in [5, 5.41) is 8.67. The third-order valence-electron chi connectivity index (χ3n) is 3.14. The lowest BCUT2D eigenvalue weighted by Gasteiger charge is -2.09. The number of methoxy groups -OCH3 is 1. The molecule has 0 aliphatic rings. The van der Waals surface area contributed by atoms with Crippen LogP contribution in [0.1, 0.15) is 17.3 Å². The first-order chi connectivity index (χ1) is 10.3. The largest absolute Gasteiger partial charge is 0.495 e. The van der Waals surface area contributed by atoms with Crippen LogP contribution >= 0.6 is 0 Å². The highest BCUT2D eigenvalue weighted by Gasteiger charge is 2.14. The quantitative estimate of drug-likeness (QED) is 0.787. The molecule has 0 saturated heterocycles. The Morgan fingerprint density at radius 2 is 1.95 bits per heavy atom. The molecule has 0 saturated carbocycles. The molecule has 2 N–H and O–H groups in total. The molecule has 1 atom stereocenters. The zero-order chi connectivity index (χ0) is 14.7. The highest BCUT2D eigenvalue weighted by Crippen LogP contribution is 2.20. The second kappa shape index (κ2) is 5.72. The van der Waals surface area contributed by atoms with Crippen molar-refractivity contribution in [2.24, 2.45) is 5.73 Å². The second-order valence-electron chi connectivity index (χ2n) is 4.53. The van der Waals surface area contributed by atoms with Crippen LogP contribution in [0.3, 0.4) is 0 Å². The lowest BCUT2D eigenvalue weighted by atomic mass is 10.1. The number of hydrogen-bond acceptors (Lipinski definition) is 5. The van der Waals surface area contributed by atoms with E-state index in [1.54, 1.807) is 30.5 Å². The molecule has 3 aromatic rings. The Labute approximate surface area is 122 Å². The van der Waals surface area contributed by atoms with Crippen molar-refractivity contribution in [1.82, 2.24) is 20.0 Å². The van der Waals surface area contributed by atoms with Crippen molar-refractivity contribution in [2.45, 2.75) is 6.04 Å². The maximum Gasteiger partial charge on any atom is 0.137 e. The summed E-state index contributed by atoms with van der Waals surface area (Å²) in [4.78, 5) is 5.67. The summed E-state index contributed by atoms with van der Waals surface area (Å²) in [7, 11) is 1.60. The molecule has 0 spiro atoms. The van der Waals surface area contributed by atoms with Crippen LogP contribution in [0.25, 0.3) is 5.69 Å². The van der Waals surface area contributed by atoms with Crippen molar-refractivity contribution in [1.29, 1.82) is 0 Å². The molecule has 0 bridgehead atoms. The van der Waals surface area contributed by atoms with E-state index in [0.717, 1.165) is 11.3 Å². The molecule has 21 heavy (non-hydrogen) atoms. The number of pyridine rings is 1. The van der Waals surface area contributed by atoms with Crippen molar-refractivity contribution >= 4 is 0 Å². The van der Waals surface area contributed by atoms with E-state index in [2.05, 4.69) is 15.2 Å². The third-order valence-corrected chi connectivity index (χ3v) is 3.14. The molecular formula is C15H15N5O. The predicted molar refractivity (Wildman–Crippen MR) is 78.2 cm³/mol. The van der Waals surface area contributed by atoms with Gasteiger partial charge in [-0.15, -0.1) is 0 Å². The number of aromatic nitrogens is 4. The molecule has 106 valence electrons. The second-order valence-corrected chi connectivity index (χ2v) is 4.53. The number of rotatable bonds is 4. The first kappa shape index (κ1) is 13.3. The van der Waals surface area contributed by atoms with Crippen molar-refractivity contribution in [3.8, 4) is 11.4 Å².